The molecule has 1 aromatic heterocycles. The van der Waals surface area contributed by atoms with Crippen LogP contribution in [0.15, 0.2) is 18.3 Å². The fraction of sp³-hybridized carbons (Fsp3) is 0.500. The number of aromatic nitrogens is 1. The van der Waals surface area contributed by atoms with Gasteiger partial charge in [0.2, 0.25) is 0 Å². The maximum Gasteiger partial charge on any atom is 0.417 e. The Morgan fingerprint density at radius 2 is 2.00 bits per heavy atom. The van der Waals surface area contributed by atoms with Crippen LogP contribution in [0.4, 0.5) is 19.0 Å². The van der Waals surface area contributed by atoms with Gasteiger partial charge < -0.3 is 5.32 Å². The Hall–Kier alpha value is -1.31. The molecule has 1 N–H and O–H groups in total. The van der Waals surface area contributed by atoms with E-state index in [1.807, 2.05) is 0 Å². The van der Waals surface area contributed by atoms with E-state index in [1.165, 1.54) is 6.07 Å². The first-order chi connectivity index (χ1) is 8.08. The zero-order valence-electron chi connectivity index (χ0n) is 9.82. The molecule has 8 heteroatoms. The molecule has 18 heavy (non-hydrogen) atoms. The van der Waals surface area contributed by atoms with Gasteiger partial charge in [-0.05, 0) is 19.1 Å². The Balaban J connectivity index is 2.70. The molecular weight excluding hydrogens is 269 g/mol. The van der Waals surface area contributed by atoms with Gasteiger partial charge in [-0.3, -0.25) is 0 Å². The van der Waals surface area contributed by atoms with Crippen molar-refractivity contribution in [2.45, 2.75) is 19.1 Å². The summed E-state index contributed by atoms with van der Waals surface area (Å²) in [4.78, 5) is 3.59. The van der Waals surface area contributed by atoms with Crippen molar-refractivity contribution in [2.75, 3.05) is 17.3 Å². The van der Waals surface area contributed by atoms with E-state index in [2.05, 4.69) is 10.3 Å². The fourth-order valence-corrected chi connectivity index (χ4v) is 2.39. The van der Waals surface area contributed by atoms with E-state index < -0.39 is 27.6 Å². The molecule has 0 aromatic carbocycles. The maximum atomic E-state index is 12.3. The van der Waals surface area contributed by atoms with Crippen molar-refractivity contribution < 1.29 is 21.6 Å². The quantitative estimate of drug-likeness (QED) is 0.917. The van der Waals surface area contributed by atoms with Crippen LogP contribution in [0.3, 0.4) is 0 Å². The Bertz CT molecular complexity index is 497. The number of pyridine rings is 1. The van der Waals surface area contributed by atoms with E-state index in [1.54, 1.807) is 6.92 Å². The molecule has 0 radical (unpaired) electrons. The second-order valence-corrected chi connectivity index (χ2v) is 6.25. The molecule has 0 fully saturated rings. The largest absolute Gasteiger partial charge is 0.417 e. The van der Waals surface area contributed by atoms with Gasteiger partial charge in [0, 0.05) is 18.5 Å². The van der Waals surface area contributed by atoms with Crippen molar-refractivity contribution in [3.05, 3.63) is 23.9 Å². The van der Waals surface area contributed by atoms with Gasteiger partial charge in [-0.2, -0.15) is 13.2 Å². The first-order valence-electron chi connectivity index (χ1n) is 5.05. The van der Waals surface area contributed by atoms with Crippen LogP contribution in [0.25, 0.3) is 0 Å². The molecule has 0 saturated heterocycles. The lowest BCUT2D eigenvalue weighted by Gasteiger charge is -2.14. The van der Waals surface area contributed by atoms with Gasteiger partial charge in [-0.1, -0.05) is 0 Å². The van der Waals surface area contributed by atoms with Crippen LogP contribution in [-0.2, 0) is 16.0 Å². The second-order valence-electron chi connectivity index (χ2n) is 4.07. The number of halogens is 3. The van der Waals surface area contributed by atoms with Crippen LogP contribution in [-0.4, -0.2) is 31.5 Å². The summed E-state index contributed by atoms with van der Waals surface area (Å²) in [5.74, 6) is 0.0922. The zero-order chi connectivity index (χ0) is 14.0. The molecule has 0 aliphatic rings. The lowest BCUT2D eigenvalue weighted by molar-refractivity contribution is -0.137. The topological polar surface area (TPSA) is 59.1 Å². The van der Waals surface area contributed by atoms with Crippen molar-refractivity contribution in [1.82, 2.24) is 4.98 Å². The highest BCUT2D eigenvalue weighted by Crippen LogP contribution is 2.28. The molecule has 0 spiro atoms. The van der Waals surface area contributed by atoms with Crippen molar-refractivity contribution in [3.63, 3.8) is 0 Å². The van der Waals surface area contributed by atoms with E-state index in [9.17, 15) is 21.6 Å². The van der Waals surface area contributed by atoms with Crippen LogP contribution in [0.2, 0.25) is 0 Å². The molecule has 0 aliphatic carbocycles. The van der Waals surface area contributed by atoms with Gasteiger partial charge >= 0.3 is 6.18 Å². The molecule has 1 atom stereocenters. The molecule has 4 nitrogen and oxygen atoms in total. The highest BCUT2D eigenvalue weighted by atomic mass is 32.2. The minimum Gasteiger partial charge on any atom is -0.367 e. The molecule has 0 bridgehead atoms. The van der Waals surface area contributed by atoms with Crippen molar-refractivity contribution in [1.29, 1.82) is 0 Å². The summed E-state index contributed by atoms with van der Waals surface area (Å²) in [5.41, 5.74) is -0.844. The summed E-state index contributed by atoms with van der Waals surface area (Å²) in [6.07, 6.45) is -2.63. The van der Waals surface area contributed by atoms with E-state index in [-0.39, 0.29) is 11.6 Å². The summed E-state index contributed by atoms with van der Waals surface area (Å²) in [6.45, 7) is 1.61. The summed E-state index contributed by atoms with van der Waals surface area (Å²) >= 11 is 0. The predicted molar refractivity (Wildman–Crippen MR) is 62.0 cm³/mol. The van der Waals surface area contributed by atoms with Crippen LogP contribution in [0.5, 0.6) is 0 Å². The minimum atomic E-state index is -4.43. The highest BCUT2D eigenvalue weighted by Gasteiger charge is 2.30. The van der Waals surface area contributed by atoms with Gasteiger partial charge in [0.1, 0.15) is 15.7 Å². The molecule has 0 aliphatic heterocycles. The molecule has 0 saturated carbocycles. The van der Waals surface area contributed by atoms with Crippen LogP contribution < -0.4 is 5.32 Å². The smallest absolute Gasteiger partial charge is 0.367 e. The number of anilines is 1. The number of nitrogens with zero attached hydrogens (tertiary/aromatic N) is 1. The second kappa shape index (κ2) is 5.13. The third-order valence-electron chi connectivity index (χ3n) is 2.04. The third-order valence-corrected chi connectivity index (χ3v) is 3.14. The SMILES string of the molecule is CC(CS(C)(=O)=O)Nc1ccc(C(F)(F)F)cn1. The Morgan fingerprint density at radius 1 is 1.39 bits per heavy atom. The van der Waals surface area contributed by atoms with Crippen LogP contribution in [0.1, 0.15) is 12.5 Å². The van der Waals surface area contributed by atoms with Crippen LogP contribution >= 0.6 is 0 Å². The van der Waals surface area contributed by atoms with Gasteiger partial charge in [0.05, 0.1) is 11.3 Å². The standard InChI is InChI=1S/C10H13F3N2O2S/c1-7(6-18(2,16)17)15-9-4-3-8(5-14-9)10(11,12)13/h3-5,7H,6H2,1-2H3,(H,14,15). The predicted octanol–water partition coefficient (Wildman–Crippen LogP) is 1.95. The summed E-state index contributed by atoms with van der Waals surface area (Å²) in [5, 5.41) is 2.72. The normalized spacial score (nSPS) is 14.3. The minimum absolute atomic E-state index is 0.115. The molecular formula is C10H13F3N2O2S. The van der Waals surface area contributed by atoms with E-state index >= 15 is 0 Å². The van der Waals surface area contributed by atoms with Gasteiger partial charge in [0.25, 0.3) is 0 Å². The molecule has 1 heterocycles. The van der Waals surface area contributed by atoms with Gasteiger partial charge in [0.15, 0.2) is 0 Å². The first-order valence-corrected chi connectivity index (χ1v) is 7.11. The van der Waals surface area contributed by atoms with E-state index in [0.29, 0.717) is 6.20 Å². The van der Waals surface area contributed by atoms with Crippen molar-refractivity contribution in [3.8, 4) is 0 Å². The fourth-order valence-electron chi connectivity index (χ4n) is 1.40. The lowest BCUT2D eigenvalue weighted by Crippen LogP contribution is -2.25. The Kier molecular flexibility index (Phi) is 4.20. The van der Waals surface area contributed by atoms with E-state index in [0.717, 1.165) is 12.3 Å². The third kappa shape index (κ3) is 4.91. The first kappa shape index (κ1) is 14.7. The molecule has 1 rings (SSSR count). The highest BCUT2D eigenvalue weighted by molar-refractivity contribution is 7.90. The molecule has 1 aromatic rings. The number of nitrogens with one attached hydrogen (secondary N) is 1. The van der Waals surface area contributed by atoms with E-state index in [4.69, 9.17) is 0 Å². The van der Waals surface area contributed by atoms with Gasteiger partial charge in [-0.25, -0.2) is 13.4 Å². The zero-order valence-corrected chi connectivity index (χ0v) is 10.6. The number of sulfone groups is 1. The number of alkyl halides is 3. The monoisotopic (exact) mass is 282 g/mol. The summed E-state index contributed by atoms with van der Waals surface area (Å²) in [6, 6.07) is 1.63. The Morgan fingerprint density at radius 3 is 2.39 bits per heavy atom. The lowest BCUT2D eigenvalue weighted by atomic mass is 10.2. The molecule has 1 unspecified atom stereocenters. The number of hydrogen-bond donors (Lipinski definition) is 1. The average molecular weight is 282 g/mol. The number of rotatable bonds is 4. The molecule has 0 amide bonds. The number of hydrogen-bond acceptors (Lipinski definition) is 4. The van der Waals surface area contributed by atoms with Crippen LogP contribution in [0, 0.1) is 0 Å². The summed E-state index contributed by atoms with van der Waals surface area (Å²) in [7, 11) is -3.15. The average Bonchev–Trinajstić information content (AvgIpc) is 2.13. The summed E-state index contributed by atoms with van der Waals surface area (Å²) < 4.78 is 58.8. The van der Waals surface area contributed by atoms with Crippen molar-refractivity contribution >= 4 is 15.7 Å². The molecule has 102 valence electrons. The van der Waals surface area contributed by atoms with Gasteiger partial charge in [-0.15, -0.1) is 0 Å². The van der Waals surface area contributed by atoms with Crippen molar-refractivity contribution in [2.24, 2.45) is 0 Å². The Labute approximate surface area is 103 Å². The maximum absolute atomic E-state index is 12.3.